The summed E-state index contributed by atoms with van der Waals surface area (Å²) in [4.78, 5) is 29.2. The lowest BCUT2D eigenvalue weighted by atomic mass is 10.1. The average molecular weight is 361 g/mol. The Kier molecular flexibility index (Phi) is 5.66. The second-order valence-corrected chi connectivity index (χ2v) is 6.83. The van der Waals surface area contributed by atoms with Gasteiger partial charge in [-0.05, 0) is 32.0 Å². The van der Waals surface area contributed by atoms with Crippen LogP contribution >= 0.6 is 0 Å². The van der Waals surface area contributed by atoms with Crippen molar-refractivity contribution in [2.45, 2.75) is 25.3 Å². The monoisotopic (exact) mass is 361 g/mol. The van der Waals surface area contributed by atoms with Gasteiger partial charge >= 0.3 is 0 Å². The third kappa shape index (κ3) is 3.49. The van der Waals surface area contributed by atoms with Gasteiger partial charge in [-0.15, -0.1) is 0 Å². The number of carbonyl (C=O) groups excluding carboxylic acids is 2. The molecule has 0 aliphatic carbocycles. The van der Waals surface area contributed by atoms with E-state index in [1.165, 1.54) is 0 Å². The first kappa shape index (κ1) is 18.5. The fourth-order valence-corrected chi connectivity index (χ4v) is 3.92. The van der Waals surface area contributed by atoms with Crippen LogP contribution in [0.5, 0.6) is 11.5 Å². The maximum absolute atomic E-state index is 13.0. The van der Waals surface area contributed by atoms with E-state index in [0.717, 1.165) is 25.9 Å². The summed E-state index contributed by atoms with van der Waals surface area (Å²) in [6.45, 7) is 1.97. The summed E-state index contributed by atoms with van der Waals surface area (Å²) in [7, 11) is 5.05. The van der Waals surface area contributed by atoms with Crippen LogP contribution in [0, 0.1) is 5.92 Å². The van der Waals surface area contributed by atoms with Gasteiger partial charge in [0.2, 0.25) is 11.8 Å². The topological polar surface area (TPSA) is 71.1 Å². The Labute approximate surface area is 154 Å². The number of hydrogen-bond donors (Lipinski definition) is 1. The van der Waals surface area contributed by atoms with E-state index in [9.17, 15) is 9.59 Å². The number of anilines is 1. The highest BCUT2D eigenvalue weighted by Gasteiger charge is 2.40. The highest BCUT2D eigenvalue weighted by atomic mass is 16.5. The molecule has 2 heterocycles. The lowest BCUT2D eigenvalue weighted by Crippen LogP contribution is -2.44. The summed E-state index contributed by atoms with van der Waals surface area (Å²) in [5, 5.41) is 3.15. The quantitative estimate of drug-likeness (QED) is 0.826. The van der Waals surface area contributed by atoms with E-state index in [0.29, 0.717) is 23.7 Å². The summed E-state index contributed by atoms with van der Waals surface area (Å²) in [6, 6.07) is 5.58. The molecule has 1 aromatic carbocycles. The molecule has 0 aromatic heterocycles. The highest BCUT2D eigenvalue weighted by molar-refractivity contribution is 6.01. The van der Waals surface area contributed by atoms with E-state index >= 15 is 0 Å². The summed E-state index contributed by atoms with van der Waals surface area (Å²) < 4.78 is 10.6. The number of nitrogens with one attached hydrogen (secondary N) is 1. The number of carbonyl (C=O) groups is 2. The van der Waals surface area contributed by atoms with E-state index in [2.05, 4.69) is 5.32 Å². The Hall–Kier alpha value is -2.28. The van der Waals surface area contributed by atoms with Crippen LogP contribution in [0.15, 0.2) is 18.2 Å². The standard InChI is InChI=1S/C19H27N3O4/c1-20-11-14-5-4-8-21(14)19(24)13-9-18(23)22(12-13)16-7-6-15(25-2)10-17(16)26-3/h6-7,10,13-14,20H,4-5,8-9,11-12H2,1-3H3. The van der Waals surface area contributed by atoms with Crippen molar-refractivity contribution in [3.05, 3.63) is 18.2 Å². The summed E-state index contributed by atoms with van der Waals surface area (Å²) in [5.74, 6) is 0.978. The number of amides is 2. The number of likely N-dealkylation sites (tertiary alicyclic amines) is 1. The van der Waals surface area contributed by atoms with E-state index in [1.807, 2.05) is 18.0 Å². The second-order valence-electron chi connectivity index (χ2n) is 6.83. The van der Waals surface area contributed by atoms with Crippen LogP contribution in [-0.4, -0.2) is 63.7 Å². The molecule has 0 radical (unpaired) electrons. The summed E-state index contributed by atoms with van der Waals surface area (Å²) in [6.07, 6.45) is 2.29. The first-order valence-electron chi connectivity index (χ1n) is 9.06. The van der Waals surface area contributed by atoms with Crippen molar-refractivity contribution in [2.75, 3.05) is 45.8 Å². The van der Waals surface area contributed by atoms with Gasteiger partial charge in [0.15, 0.2) is 0 Å². The molecule has 2 unspecified atom stereocenters. The van der Waals surface area contributed by atoms with Gasteiger partial charge in [-0.1, -0.05) is 0 Å². The van der Waals surface area contributed by atoms with Gasteiger partial charge in [0, 0.05) is 38.2 Å². The number of methoxy groups -OCH3 is 2. The number of rotatable bonds is 6. The van der Waals surface area contributed by atoms with E-state index in [1.54, 1.807) is 31.3 Å². The van der Waals surface area contributed by atoms with Gasteiger partial charge in [-0.2, -0.15) is 0 Å². The maximum atomic E-state index is 13.0. The normalized spacial score (nSPS) is 22.8. The molecule has 1 N–H and O–H groups in total. The third-order valence-corrected chi connectivity index (χ3v) is 5.25. The summed E-state index contributed by atoms with van der Waals surface area (Å²) >= 11 is 0. The minimum Gasteiger partial charge on any atom is -0.497 e. The molecule has 142 valence electrons. The molecular formula is C19H27N3O4. The smallest absolute Gasteiger partial charge is 0.228 e. The number of likely N-dealkylation sites (N-methyl/N-ethyl adjacent to an activating group) is 1. The molecule has 2 amide bonds. The highest BCUT2D eigenvalue weighted by Crippen LogP contribution is 2.36. The average Bonchev–Trinajstić information content (AvgIpc) is 3.27. The van der Waals surface area contributed by atoms with Crippen LogP contribution < -0.4 is 19.7 Å². The molecule has 2 saturated heterocycles. The van der Waals surface area contributed by atoms with Gasteiger partial charge in [-0.3, -0.25) is 9.59 Å². The molecule has 26 heavy (non-hydrogen) atoms. The fourth-order valence-electron chi connectivity index (χ4n) is 3.92. The largest absolute Gasteiger partial charge is 0.497 e. The number of hydrogen-bond acceptors (Lipinski definition) is 5. The molecule has 0 bridgehead atoms. The molecule has 7 nitrogen and oxygen atoms in total. The molecule has 2 aliphatic heterocycles. The van der Waals surface area contributed by atoms with Gasteiger partial charge < -0.3 is 24.6 Å². The predicted octanol–water partition coefficient (Wildman–Crippen LogP) is 1.27. The molecule has 2 fully saturated rings. The Bertz CT molecular complexity index is 679. The van der Waals surface area contributed by atoms with E-state index in [-0.39, 0.29) is 30.2 Å². The van der Waals surface area contributed by atoms with Gasteiger partial charge in [0.25, 0.3) is 0 Å². The van der Waals surface area contributed by atoms with Crippen LogP contribution in [-0.2, 0) is 9.59 Å². The van der Waals surface area contributed by atoms with Gasteiger partial charge in [0.05, 0.1) is 25.8 Å². The summed E-state index contributed by atoms with van der Waals surface area (Å²) in [5.41, 5.74) is 0.682. The first-order chi connectivity index (χ1) is 12.6. The van der Waals surface area contributed by atoms with Crippen LogP contribution in [0.25, 0.3) is 0 Å². The Morgan fingerprint density at radius 3 is 2.81 bits per heavy atom. The number of nitrogens with zero attached hydrogens (tertiary/aromatic N) is 2. The van der Waals surface area contributed by atoms with Gasteiger partial charge in [0.1, 0.15) is 11.5 Å². The van der Waals surface area contributed by atoms with Crippen molar-refractivity contribution in [1.82, 2.24) is 10.2 Å². The molecule has 2 aliphatic rings. The van der Waals surface area contributed by atoms with E-state index < -0.39 is 0 Å². The fraction of sp³-hybridized carbons (Fsp3) is 0.579. The van der Waals surface area contributed by atoms with Crippen molar-refractivity contribution in [1.29, 1.82) is 0 Å². The third-order valence-electron chi connectivity index (χ3n) is 5.25. The molecule has 2 atom stereocenters. The zero-order valence-corrected chi connectivity index (χ0v) is 15.7. The Morgan fingerprint density at radius 2 is 2.12 bits per heavy atom. The first-order valence-corrected chi connectivity index (χ1v) is 9.06. The molecule has 0 spiro atoms. The SMILES string of the molecule is CNCC1CCCN1C(=O)C1CC(=O)N(c2ccc(OC)cc2OC)C1. The lowest BCUT2D eigenvalue weighted by molar-refractivity contribution is -0.136. The molecule has 7 heteroatoms. The minimum absolute atomic E-state index is 0.0452. The molecular weight excluding hydrogens is 334 g/mol. The molecule has 0 saturated carbocycles. The van der Waals surface area contributed by atoms with Gasteiger partial charge in [-0.25, -0.2) is 0 Å². The zero-order chi connectivity index (χ0) is 18.7. The van der Waals surface area contributed by atoms with Crippen molar-refractivity contribution >= 4 is 17.5 Å². The van der Waals surface area contributed by atoms with Crippen molar-refractivity contribution in [3.63, 3.8) is 0 Å². The van der Waals surface area contributed by atoms with Crippen molar-refractivity contribution in [2.24, 2.45) is 5.92 Å². The zero-order valence-electron chi connectivity index (χ0n) is 15.7. The van der Waals surface area contributed by atoms with Crippen molar-refractivity contribution in [3.8, 4) is 11.5 Å². The Balaban J connectivity index is 1.75. The lowest BCUT2D eigenvalue weighted by Gasteiger charge is -2.27. The van der Waals surface area contributed by atoms with Crippen LogP contribution in [0.4, 0.5) is 5.69 Å². The second kappa shape index (κ2) is 7.95. The Morgan fingerprint density at radius 1 is 1.31 bits per heavy atom. The maximum Gasteiger partial charge on any atom is 0.228 e. The van der Waals surface area contributed by atoms with E-state index in [4.69, 9.17) is 9.47 Å². The van der Waals surface area contributed by atoms with Crippen LogP contribution in [0.1, 0.15) is 19.3 Å². The molecule has 1 aromatic rings. The van der Waals surface area contributed by atoms with Crippen LogP contribution in [0.2, 0.25) is 0 Å². The minimum atomic E-state index is -0.299. The molecule has 3 rings (SSSR count). The number of benzene rings is 1. The van der Waals surface area contributed by atoms with Crippen molar-refractivity contribution < 1.29 is 19.1 Å². The number of ether oxygens (including phenoxy) is 2. The van der Waals surface area contributed by atoms with Crippen LogP contribution in [0.3, 0.4) is 0 Å². The predicted molar refractivity (Wildman–Crippen MR) is 98.7 cm³/mol.